The summed E-state index contributed by atoms with van der Waals surface area (Å²) in [6.45, 7) is 3.04. The molecule has 0 radical (unpaired) electrons. The van der Waals surface area contributed by atoms with Gasteiger partial charge in [-0.3, -0.25) is 4.79 Å². The highest BCUT2D eigenvalue weighted by molar-refractivity contribution is 9.10. The number of aromatic hydroxyl groups is 1. The van der Waals surface area contributed by atoms with E-state index in [1.54, 1.807) is 31.2 Å². The van der Waals surface area contributed by atoms with Crippen LogP contribution in [0.2, 0.25) is 0 Å². The van der Waals surface area contributed by atoms with E-state index in [-0.39, 0.29) is 22.8 Å². The van der Waals surface area contributed by atoms with E-state index in [0.717, 1.165) is 4.47 Å². The van der Waals surface area contributed by atoms with Gasteiger partial charge >= 0.3 is 5.63 Å². The van der Waals surface area contributed by atoms with Crippen LogP contribution in [-0.4, -0.2) is 16.7 Å². The van der Waals surface area contributed by atoms with Crippen LogP contribution in [0.4, 0.5) is 0 Å². The Morgan fingerprint density at radius 3 is 2.73 bits per heavy atom. The van der Waals surface area contributed by atoms with E-state index >= 15 is 0 Å². The molecule has 2 rings (SSSR count). The van der Waals surface area contributed by atoms with Crippen LogP contribution in [0.1, 0.15) is 28.6 Å². The Hall–Kier alpha value is -2.41. The maximum Gasteiger partial charge on any atom is 0.348 e. The molecule has 0 unspecified atom stereocenters. The van der Waals surface area contributed by atoms with E-state index in [1.165, 1.54) is 13.0 Å². The number of halogens is 1. The van der Waals surface area contributed by atoms with Crippen LogP contribution in [-0.2, 0) is 0 Å². The number of carbonyl (C=O) groups excluding carboxylic acids is 1. The van der Waals surface area contributed by atoms with Gasteiger partial charge in [0.25, 0.3) is 5.91 Å². The van der Waals surface area contributed by atoms with Crippen molar-refractivity contribution < 1.29 is 14.3 Å². The van der Waals surface area contributed by atoms with Gasteiger partial charge in [0.2, 0.25) is 0 Å². The highest BCUT2D eigenvalue weighted by Crippen LogP contribution is 2.15. The number of hydrogen-bond acceptors (Lipinski definition) is 5. The molecule has 0 spiro atoms. The molecule has 22 heavy (non-hydrogen) atoms. The molecule has 114 valence electrons. The number of nitrogens with one attached hydrogen (secondary N) is 1. The Morgan fingerprint density at radius 1 is 1.36 bits per heavy atom. The smallest absolute Gasteiger partial charge is 0.348 e. The maximum absolute atomic E-state index is 12.0. The minimum Gasteiger partial charge on any atom is -0.507 e. The fourth-order valence-electron chi connectivity index (χ4n) is 1.81. The zero-order chi connectivity index (χ0) is 16.3. The zero-order valence-corrected chi connectivity index (χ0v) is 13.5. The van der Waals surface area contributed by atoms with E-state index in [1.807, 2.05) is 0 Å². The molecule has 7 heteroatoms. The average Bonchev–Trinajstić information content (AvgIpc) is 2.43. The first-order valence-corrected chi connectivity index (χ1v) is 7.12. The second-order valence-corrected chi connectivity index (χ2v) is 5.47. The van der Waals surface area contributed by atoms with Crippen molar-refractivity contribution in [3.8, 4) is 5.75 Å². The summed E-state index contributed by atoms with van der Waals surface area (Å²) in [7, 11) is 0. The van der Waals surface area contributed by atoms with Crippen molar-refractivity contribution in [3.63, 3.8) is 0 Å². The van der Waals surface area contributed by atoms with Gasteiger partial charge in [0.15, 0.2) is 0 Å². The fraction of sp³-hybridized carbons (Fsp3) is 0.133. The number of benzene rings is 1. The molecular formula is C15H13BrN2O4. The third kappa shape index (κ3) is 3.62. The summed E-state index contributed by atoms with van der Waals surface area (Å²) in [5.41, 5.74) is 2.09. The van der Waals surface area contributed by atoms with E-state index in [9.17, 15) is 14.7 Å². The summed E-state index contributed by atoms with van der Waals surface area (Å²) >= 11 is 3.27. The number of hydrazone groups is 1. The molecule has 1 aromatic carbocycles. The second kappa shape index (κ2) is 6.57. The van der Waals surface area contributed by atoms with Crippen LogP contribution in [0.3, 0.4) is 0 Å². The standard InChI is InChI=1S/C15H13BrN2O4/c1-8-6-12(19)13(15(21)22-8)9(2)17-18-14(20)10-4-3-5-11(16)7-10/h3-7,19H,1-2H3,(H,18,20)/b17-9-. The highest BCUT2D eigenvalue weighted by atomic mass is 79.9. The van der Waals surface area contributed by atoms with Crippen molar-refractivity contribution in [1.29, 1.82) is 0 Å². The van der Waals surface area contributed by atoms with Crippen LogP contribution in [0.15, 0.2) is 49.1 Å². The Kier molecular flexibility index (Phi) is 4.77. The molecule has 0 aliphatic carbocycles. The molecule has 0 aliphatic heterocycles. The predicted octanol–water partition coefficient (Wildman–Crippen LogP) is 2.57. The fourth-order valence-corrected chi connectivity index (χ4v) is 2.21. The molecule has 6 nitrogen and oxygen atoms in total. The van der Waals surface area contributed by atoms with E-state index in [4.69, 9.17) is 4.42 Å². The molecule has 0 bridgehead atoms. The minimum absolute atomic E-state index is 0.0832. The minimum atomic E-state index is -0.713. The van der Waals surface area contributed by atoms with Crippen LogP contribution < -0.4 is 11.1 Å². The van der Waals surface area contributed by atoms with Crippen molar-refractivity contribution in [3.05, 3.63) is 62.1 Å². The van der Waals surface area contributed by atoms with Gasteiger partial charge in [-0.1, -0.05) is 22.0 Å². The van der Waals surface area contributed by atoms with Crippen molar-refractivity contribution in [2.45, 2.75) is 13.8 Å². The highest BCUT2D eigenvalue weighted by Gasteiger charge is 2.13. The predicted molar refractivity (Wildman–Crippen MR) is 85.2 cm³/mol. The third-order valence-electron chi connectivity index (χ3n) is 2.83. The number of aryl methyl sites for hydroxylation is 1. The van der Waals surface area contributed by atoms with Crippen molar-refractivity contribution in [1.82, 2.24) is 5.43 Å². The molecule has 2 N–H and O–H groups in total. The lowest BCUT2D eigenvalue weighted by atomic mass is 10.2. The number of carbonyl (C=O) groups is 1. The van der Waals surface area contributed by atoms with E-state index in [2.05, 4.69) is 26.5 Å². The Labute approximate surface area is 134 Å². The maximum atomic E-state index is 12.0. The zero-order valence-electron chi connectivity index (χ0n) is 11.9. The molecule has 0 fully saturated rings. The molecule has 0 atom stereocenters. The molecule has 1 aromatic heterocycles. The van der Waals surface area contributed by atoms with Gasteiger partial charge in [0, 0.05) is 16.1 Å². The molecule has 2 aromatic rings. The summed E-state index contributed by atoms with van der Waals surface area (Å²) in [5.74, 6) is -0.388. The first kappa shape index (κ1) is 16.0. The van der Waals surface area contributed by atoms with Crippen LogP contribution in [0, 0.1) is 6.92 Å². The lowest BCUT2D eigenvalue weighted by Gasteiger charge is -2.04. The lowest BCUT2D eigenvalue weighted by Crippen LogP contribution is -2.21. The monoisotopic (exact) mass is 364 g/mol. The summed E-state index contributed by atoms with van der Waals surface area (Å²) in [6.07, 6.45) is 0. The second-order valence-electron chi connectivity index (χ2n) is 4.55. The van der Waals surface area contributed by atoms with Crippen molar-refractivity contribution >= 4 is 27.5 Å². The summed E-state index contributed by atoms with van der Waals surface area (Å²) in [6, 6.07) is 8.09. The van der Waals surface area contributed by atoms with Gasteiger partial charge in [0.1, 0.15) is 17.1 Å². The molecular weight excluding hydrogens is 352 g/mol. The number of nitrogens with zero attached hydrogens (tertiary/aromatic N) is 1. The third-order valence-corrected chi connectivity index (χ3v) is 3.32. The quantitative estimate of drug-likeness (QED) is 0.646. The molecule has 0 saturated carbocycles. The average molecular weight is 365 g/mol. The van der Waals surface area contributed by atoms with E-state index in [0.29, 0.717) is 5.56 Å². The van der Waals surface area contributed by atoms with Crippen molar-refractivity contribution in [2.24, 2.45) is 5.10 Å². The van der Waals surface area contributed by atoms with Crippen LogP contribution in [0.5, 0.6) is 5.75 Å². The Morgan fingerprint density at radius 2 is 2.09 bits per heavy atom. The van der Waals surface area contributed by atoms with Gasteiger partial charge < -0.3 is 9.52 Å². The van der Waals surface area contributed by atoms with Gasteiger partial charge in [-0.05, 0) is 32.0 Å². The van der Waals surface area contributed by atoms with Gasteiger partial charge in [-0.2, -0.15) is 5.10 Å². The number of rotatable bonds is 3. The normalized spacial score (nSPS) is 11.3. The Balaban J connectivity index is 2.24. The SMILES string of the molecule is C/C(=N/NC(=O)c1cccc(Br)c1)c1c(O)cc(C)oc1=O. The first-order chi connectivity index (χ1) is 10.4. The van der Waals surface area contributed by atoms with Gasteiger partial charge in [0.05, 0.1) is 5.71 Å². The molecule has 1 amide bonds. The first-order valence-electron chi connectivity index (χ1n) is 6.33. The summed E-state index contributed by atoms with van der Waals surface area (Å²) in [4.78, 5) is 23.7. The largest absolute Gasteiger partial charge is 0.507 e. The molecule has 1 heterocycles. The van der Waals surface area contributed by atoms with Crippen LogP contribution >= 0.6 is 15.9 Å². The lowest BCUT2D eigenvalue weighted by molar-refractivity contribution is 0.0954. The summed E-state index contributed by atoms with van der Waals surface area (Å²) < 4.78 is 5.66. The molecule has 0 saturated heterocycles. The van der Waals surface area contributed by atoms with Crippen LogP contribution in [0.25, 0.3) is 0 Å². The summed E-state index contributed by atoms with van der Waals surface area (Å²) in [5, 5.41) is 13.6. The molecule has 0 aliphatic rings. The van der Waals surface area contributed by atoms with Gasteiger partial charge in [-0.15, -0.1) is 0 Å². The number of amides is 1. The number of hydrogen-bond donors (Lipinski definition) is 2. The Bertz CT molecular complexity index is 811. The van der Waals surface area contributed by atoms with Crippen molar-refractivity contribution in [2.75, 3.05) is 0 Å². The van der Waals surface area contributed by atoms with Gasteiger partial charge in [-0.25, -0.2) is 10.2 Å². The topological polar surface area (TPSA) is 91.9 Å². The van der Waals surface area contributed by atoms with E-state index < -0.39 is 11.5 Å².